The lowest BCUT2D eigenvalue weighted by atomic mass is 10.1. The topological polar surface area (TPSA) is 48.6 Å². The molecule has 1 aliphatic heterocycles. The Morgan fingerprint density at radius 1 is 1.10 bits per heavy atom. The van der Waals surface area contributed by atoms with E-state index >= 15 is 0 Å². The number of likely N-dealkylation sites (N-methyl/N-ethyl adjacent to an activating group) is 3. The molecule has 3 N–H and O–H groups in total. The van der Waals surface area contributed by atoms with Crippen LogP contribution in [0.3, 0.4) is 0 Å². The highest BCUT2D eigenvalue weighted by atomic mass is 127. The molecule has 6 heteroatoms. The number of ether oxygens (including phenoxy) is 1. The number of alkyl halides is 1. The molecular formula is C15H25IN4O. The van der Waals surface area contributed by atoms with Gasteiger partial charge in [0.25, 0.3) is 0 Å². The van der Waals surface area contributed by atoms with Gasteiger partial charge in [0.2, 0.25) is 0 Å². The van der Waals surface area contributed by atoms with Crippen LogP contribution in [0.15, 0.2) is 30.3 Å². The maximum Gasteiger partial charge on any atom is 0.189 e. The molecule has 0 spiro atoms. The molecule has 1 aliphatic rings. The van der Waals surface area contributed by atoms with Gasteiger partial charge in [0.05, 0.1) is 6.54 Å². The Morgan fingerprint density at radius 3 is 2.29 bits per heavy atom. The third-order valence-electron chi connectivity index (χ3n) is 4.02. The van der Waals surface area contributed by atoms with Crippen molar-refractivity contribution in [2.75, 3.05) is 38.7 Å². The molecule has 0 bridgehead atoms. The fourth-order valence-electron chi connectivity index (χ4n) is 2.74. The molecule has 1 heterocycles. The highest BCUT2D eigenvalue weighted by Gasteiger charge is 2.46. The first kappa shape index (κ1) is 17.1. The van der Waals surface area contributed by atoms with E-state index in [1.807, 2.05) is 21.1 Å². The number of hydrogen-bond donors (Lipinski definition) is 3. The van der Waals surface area contributed by atoms with Gasteiger partial charge in [-0.2, -0.15) is 0 Å². The third kappa shape index (κ3) is 3.94. The second-order valence-corrected chi connectivity index (χ2v) is 6.20. The second-order valence-electron chi connectivity index (χ2n) is 5.44. The van der Waals surface area contributed by atoms with Gasteiger partial charge >= 0.3 is 0 Å². The van der Waals surface area contributed by atoms with Crippen LogP contribution in [0.1, 0.15) is 5.56 Å². The lowest BCUT2D eigenvalue weighted by molar-refractivity contribution is -0.236. The van der Waals surface area contributed by atoms with Gasteiger partial charge in [-0.15, -0.1) is 0 Å². The number of morpholine rings is 1. The fourth-order valence-corrected chi connectivity index (χ4v) is 3.51. The molecule has 2 rings (SSSR count). The molecule has 1 aromatic rings. The van der Waals surface area contributed by atoms with Crippen LogP contribution in [0.2, 0.25) is 0 Å². The predicted molar refractivity (Wildman–Crippen MR) is 94.3 cm³/mol. The normalized spacial score (nSPS) is 25.9. The Morgan fingerprint density at radius 2 is 1.76 bits per heavy atom. The van der Waals surface area contributed by atoms with Crippen LogP contribution in [0.5, 0.6) is 0 Å². The Labute approximate surface area is 140 Å². The van der Waals surface area contributed by atoms with E-state index in [4.69, 9.17) is 4.74 Å². The van der Waals surface area contributed by atoms with E-state index in [1.54, 1.807) is 0 Å². The van der Waals surface area contributed by atoms with E-state index in [9.17, 15) is 0 Å². The Balaban J connectivity index is 2.20. The quantitative estimate of drug-likeness (QED) is 0.375. The number of rotatable bonds is 6. The lowest BCUT2D eigenvalue weighted by Crippen LogP contribution is -2.74. The van der Waals surface area contributed by atoms with Gasteiger partial charge in [-0.05, 0) is 26.7 Å². The maximum atomic E-state index is 6.34. The molecule has 21 heavy (non-hydrogen) atoms. The van der Waals surface area contributed by atoms with E-state index in [0.717, 1.165) is 24.1 Å². The first-order valence-corrected chi connectivity index (χ1v) is 8.72. The molecule has 0 amide bonds. The van der Waals surface area contributed by atoms with Crippen molar-refractivity contribution >= 4 is 22.6 Å². The van der Waals surface area contributed by atoms with Gasteiger partial charge in [-0.1, -0.05) is 52.9 Å². The van der Waals surface area contributed by atoms with Crippen molar-refractivity contribution in [1.82, 2.24) is 20.9 Å². The monoisotopic (exact) mass is 404 g/mol. The first-order valence-electron chi connectivity index (χ1n) is 7.20. The molecule has 1 unspecified atom stereocenters. The summed E-state index contributed by atoms with van der Waals surface area (Å²) in [4.78, 5) is 2.42. The summed E-state index contributed by atoms with van der Waals surface area (Å²) in [5.41, 5.74) is 0.957. The van der Waals surface area contributed by atoms with E-state index in [2.05, 4.69) is 73.8 Å². The molecule has 1 saturated heterocycles. The maximum absolute atomic E-state index is 6.34. The van der Waals surface area contributed by atoms with Gasteiger partial charge in [-0.25, -0.2) is 0 Å². The summed E-state index contributed by atoms with van der Waals surface area (Å²) < 4.78 is 7.22. The molecule has 0 saturated carbocycles. The number of nitrogens with one attached hydrogen (secondary N) is 3. The summed E-state index contributed by atoms with van der Waals surface area (Å²) in [6.07, 6.45) is 0. The molecule has 5 nitrogen and oxygen atoms in total. The average molecular weight is 404 g/mol. The summed E-state index contributed by atoms with van der Waals surface area (Å²) >= 11 is 2.38. The predicted octanol–water partition coefficient (Wildman–Crippen LogP) is 0.962. The highest BCUT2D eigenvalue weighted by Crippen LogP contribution is 2.26. The van der Waals surface area contributed by atoms with Gasteiger partial charge in [0, 0.05) is 17.5 Å². The first-order chi connectivity index (χ1) is 10.1. The van der Waals surface area contributed by atoms with Crippen molar-refractivity contribution in [2.45, 2.75) is 18.1 Å². The number of nitrogens with zero attached hydrogens (tertiary/aromatic N) is 1. The third-order valence-corrected chi connectivity index (χ3v) is 5.26. The second kappa shape index (κ2) is 7.34. The molecular weight excluding hydrogens is 379 g/mol. The molecule has 1 fully saturated rings. The zero-order valence-corrected chi connectivity index (χ0v) is 15.1. The summed E-state index contributed by atoms with van der Waals surface area (Å²) in [6.45, 7) is 2.55. The smallest absolute Gasteiger partial charge is 0.189 e. The van der Waals surface area contributed by atoms with Gasteiger partial charge < -0.3 is 4.74 Å². The van der Waals surface area contributed by atoms with Crippen LogP contribution in [0.4, 0.5) is 0 Å². The number of hydrogen-bond acceptors (Lipinski definition) is 5. The van der Waals surface area contributed by atoms with Crippen molar-refractivity contribution < 1.29 is 4.74 Å². The molecule has 0 aliphatic carbocycles. The van der Waals surface area contributed by atoms with E-state index in [1.165, 1.54) is 5.56 Å². The van der Waals surface area contributed by atoms with Gasteiger partial charge in [0.15, 0.2) is 5.85 Å². The van der Waals surface area contributed by atoms with Crippen molar-refractivity contribution in [3.8, 4) is 0 Å². The number of benzene rings is 1. The van der Waals surface area contributed by atoms with Crippen LogP contribution in [-0.4, -0.2) is 55.1 Å². The van der Waals surface area contributed by atoms with Gasteiger partial charge in [0.1, 0.15) is 5.72 Å². The molecule has 1 atom stereocenters. The summed E-state index contributed by atoms with van der Waals surface area (Å²) in [5, 5.41) is 9.93. The molecule has 0 aromatic heterocycles. The van der Waals surface area contributed by atoms with E-state index in [-0.39, 0.29) is 5.72 Å². The average Bonchev–Trinajstić information content (AvgIpc) is 2.55. The minimum absolute atomic E-state index is 0.361. The van der Waals surface area contributed by atoms with Crippen molar-refractivity contribution in [1.29, 1.82) is 0 Å². The largest absolute Gasteiger partial charge is 0.323 e. The van der Waals surface area contributed by atoms with Crippen LogP contribution in [0.25, 0.3) is 0 Å². The zero-order chi connectivity index (χ0) is 15.3. The lowest BCUT2D eigenvalue weighted by Gasteiger charge is -2.51. The van der Waals surface area contributed by atoms with Crippen LogP contribution < -0.4 is 16.0 Å². The summed E-state index contributed by atoms with van der Waals surface area (Å²) in [7, 11) is 5.81. The Kier molecular flexibility index (Phi) is 5.98. The SMILES string of the molecule is CNC1(CI)CN(Cc2ccccc2)CC(NC)(NC)O1. The van der Waals surface area contributed by atoms with Crippen LogP contribution >= 0.6 is 22.6 Å². The van der Waals surface area contributed by atoms with Crippen molar-refractivity contribution in [3.05, 3.63) is 35.9 Å². The highest BCUT2D eigenvalue weighted by molar-refractivity contribution is 14.1. The minimum atomic E-state index is -0.540. The van der Waals surface area contributed by atoms with E-state index in [0.29, 0.717) is 0 Å². The standard InChI is InChI=1S/C15H25IN4O/c1-17-14(10-16)11-20(9-13-7-5-4-6-8-13)12-15(18-2,19-3)21-14/h4-8,17-19H,9-12H2,1-3H3. The van der Waals surface area contributed by atoms with Crippen LogP contribution in [-0.2, 0) is 11.3 Å². The molecule has 118 valence electrons. The minimum Gasteiger partial charge on any atom is -0.323 e. The zero-order valence-electron chi connectivity index (χ0n) is 12.9. The van der Waals surface area contributed by atoms with Crippen molar-refractivity contribution in [3.63, 3.8) is 0 Å². The van der Waals surface area contributed by atoms with Crippen LogP contribution in [0, 0.1) is 0 Å². The molecule has 1 aromatic carbocycles. The summed E-state index contributed by atoms with van der Waals surface area (Å²) in [5.74, 6) is -0.540. The number of halogens is 1. The van der Waals surface area contributed by atoms with E-state index < -0.39 is 5.85 Å². The molecule has 0 radical (unpaired) electrons. The Hall–Kier alpha value is -0.250. The Bertz CT molecular complexity index is 415. The summed E-state index contributed by atoms with van der Waals surface area (Å²) in [6, 6.07) is 10.6. The fraction of sp³-hybridized carbons (Fsp3) is 0.600. The van der Waals surface area contributed by atoms with Gasteiger partial charge in [-0.3, -0.25) is 20.9 Å². The van der Waals surface area contributed by atoms with Crippen molar-refractivity contribution in [2.24, 2.45) is 0 Å².